The van der Waals surface area contributed by atoms with Crippen LogP contribution in [0.15, 0.2) is 66.5 Å². The topological polar surface area (TPSA) is 143 Å². The van der Waals surface area contributed by atoms with Crippen molar-refractivity contribution in [3.05, 3.63) is 77.6 Å². The molecule has 45 heavy (non-hydrogen) atoms. The maximum Gasteiger partial charge on any atom is 0.416 e. The van der Waals surface area contributed by atoms with Crippen LogP contribution in [0.3, 0.4) is 0 Å². The van der Waals surface area contributed by atoms with Gasteiger partial charge in [-0.05, 0) is 54.7 Å². The second-order valence-corrected chi connectivity index (χ2v) is 11.9. The van der Waals surface area contributed by atoms with Gasteiger partial charge in [0.1, 0.15) is 29.5 Å². The number of hydrogen-bond donors (Lipinski definition) is 2. The van der Waals surface area contributed by atoms with Crippen LogP contribution in [0.5, 0.6) is 0 Å². The van der Waals surface area contributed by atoms with Crippen LogP contribution in [0, 0.1) is 16.7 Å². The van der Waals surface area contributed by atoms with E-state index in [-0.39, 0.29) is 34.3 Å². The van der Waals surface area contributed by atoms with Gasteiger partial charge >= 0.3 is 6.18 Å². The van der Waals surface area contributed by atoms with Crippen molar-refractivity contribution < 1.29 is 22.8 Å². The third kappa shape index (κ3) is 6.80. The molecule has 1 aliphatic heterocycles. The first kappa shape index (κ1) is 31.2. The van der Waals surface area contributed by atoms with E-state index in [1.807, 2.05) is 20.8 Å². The third-order valence-electron chi connectivity index (χ3n) is 7.40. The predicted octanol–water partition coefficient (Wildman–Crippen LogP) is 5.83. The van der Waals surface area contributed by atoms with E-state index >= 15 is 0 Å². The number of benzene rings is 2. The SMILES string of the molecule is CC(C)(C)/C=C(\C#N)C(=O)N1CCCC1Cn1nc(-c2ccc(NC(=O)c3ccc(C(F)(F)F)cc3)cc2)c2c(N)ncnc21. The lowest BCUT2D eigenvalue weighted by Gasteiger charge is -2.25. The summed E-state index contributed by atoms with van der Waals surface area (Å²) in [5.41, 5.74) is 7.36. The van der Waals surface area contributed by atoms with E-state index in [9.17, 15) is 28.0 Å². The van der Waals surface area contributed by atoms with E-state index in [1.54, 1.807) is 39.9 Å². The molecule has 13 heteroatoms. The number of anilines is 2. The van der Waals surface area contributed by atoms with Crippen molar-refractivity contribution in [1.82, 2.24) is 24.6 Å². The number of likely N-dealkylation sites (tertiary alicyclic amines) is 1. The normalized spacial score (nSPS) is 15.7. The van der Waals surface area contributed by atoms with Crippen molar-refractivity contribution in [1.29, 1.82) is 5.26 Å². The zero-order chi connectivity index (χ0) is 32.5. The van der Waals surface area contributed by atoms with Gasteiger partial charge in [-0.15, -0.1) is 0 Å². The second kappa shape index (κ2) is 12.0. The monoisotopic (exact) mass is 616 g/mol. The number of nitrogens with two attached hydrogens (primary N) is 1. The molecular weight excluding hydrogens is 585 g/mol. The minimum atomic E-state index is -4.49. The van der Waals surface area contributed by atoms with Crippen LogP contribution < -0.4 is 11.1 Å². The van der Waals surface area contributed by atoms with E-state index in [0.29, 0.717) is 41.1 Å². The minimum Gasteiger partial charge on any atom is -0.383 e. The molecule has 1 fully saturated rings. The van der Waals surface area contributed by atoms with Crippen LogP contribution >= 0.6 is 0 Å². The quantitative estimate of drug-likeness (QED) is 0.205. The fourth-order valence-electron chi connectivity index (χ4n) is 5.31. The number of nitrogens with zero attached hydrogens (tertiary/aromatic N) is 6. The van der Waals surface area contributed by atoms with Crippen LogP contribution in [0.25, 0.3) is 22.3 Å². The molecule has 1 atom stereocenters. The summed E-state index contributed by atoms with van der Waals surface area (Å²) in [7, 11) is 0. The van der Waals surface area contributed by atoms with Crippen molar-refractivity contribution in [2.45, 2.75) is 52.4 Å². The summed E-state index contributed by atoms with van der Waals surface area (Å²) in [6, 6.07) is 12.5. The fourth-order valence-corrected chi connectivity index (χ4v) is 5.31. The summed E-state index contributed by atoms with van der Waals surface area (Å²) in [6.45, 7) is 6.64. The highest BCUT2D eigenvalue weighted by Crippen LogP contribution is 2.33. The number of alkyl halides is 3. The maximum atomic E-state index is 13.3. The molecule has 5 rings (SSSR count). The van der Waals surface area contributed by atoms with Crippen molar-refractivity contribution >= 4 is 34.4 Å². The molecule has 0 radical (unpaired) electrons. The van der Waals surface area contributed by atoms with Crippen LogP contribution in [0.2, 0.25) is 0 Å². The predicted molar refractivity (Wildman–Crippen MR) is 162 cm³/mol. The zero-order valence-electron chi connectivity index (χ0n) is 24.9. The lowest BCUT2D eigenvalue weighted by molar-refractivity contribution is -0.137. The average molecular weight is 617 g/mol. The first-order valence-electron chi connectivity index (χ1n) is 14.2. The Morgan fingerprint density at radius 1 is 1.09 bits per heavy atom. The fraction of sp³-hybridized carbons (Fsp3) is 0.312. The smallest absolute Gasteiger partial charge is 0.383 e. The van der Waals surface area contributed by atoms with Gasteiger partial charge in [0.25, 0.3) is 11.8 Å². The van der Waals surface area contributed by atoms with Gasteiger partial charge in [-0.2, -0.15) is 23.5 Å². The number of carbonyl (C=O) groups is 2. The Kier molecular flexibility index (Phi) is 8.34. The molecule has 0 bridgehead atoms. The molecule has 0 aliphatic carbocycles. The number of nitrogen functional groups attached to an aromatic ring is 1. The number of allylic oxidation sites excluding steroid dienone is 1. The molecule has 3 N–H and O–H groups in total. The van der Waals surface area contributed by atoms with Gasteiger partial charge < -0.3 is 16.0 Å². The highest BCUT2D eigenvalue weighted by Gasteiger charge is 2.33. The van der Waals surface area contributed by atoms with Gasteiger partial charge in [0, 0.05) is 23.4 Å². The van der Waals surface area contributed by atoms with E-state index < -0.39 is 17.6 Å². The Hall–Kier alpha value is -5.25. The molecule has 3 heterocycles. The number of nitrogens with one attached hydrogen (secondary N) is 1. The summed E-state index contributed by atoms with van der Waals surface area (Å²) in [6.07, 6.45) is 0.0549. The molecule has 10 nitrogen and oxygen atoms in total. The van der Waals surface area contributed by atoms with Gasteiger partial charge in [0.2, 0.25) is 0 Å². The Morgan fingerprint density at radius 2 is 1.78 bits per heavy atom. The molecule has 1 saturated heterocycles. The van der Waals surface area contributed by atoms with E-state index in [0.717, 1.165) is 37.1 Å². The molecule has 2 aromatic heterocycles. The van der Waals surface area contributed by atoms with E-state index in [2.05, 4.69) is 21.4 Å². The number of aromatic nitrogens is 4. The van der Waals surface area contributed by atoms with Gasteiger partial charge in [-0.3, -0.25) is 9.59 Å². The van der Waals surface area contributed by atoms with E-state index in [4.69, 9.17) is 10.8 Å². The van der Waals surface area contributed by atoms with Crippen LogP contribution in [0.4, 0.5) is 24.7 Å². The number of halogens is 3. The second-order valence-electron chi connectivity index (χ2n) is 11.9. The standard InChI is InChI=1S/C32H31F3N8O2/c1-31(2,3)15-21(16-36)30(45)42-14-4-5-24(42)17-43-28-25(27(37)38-18-39-28)26(41-43)19-8-12-23(13-9-19)40-29(44)20-6-10-22(11-7-20)32(33,34)35/h6-13,15,18,24H,4-5,14,17H2,1-3H3,(H,40,44)(H2,37,38,39)/b21-15+. The molecule has 2 amide bonds. The maximum absolute atomic E-state index is 13.3. The molecule has 0 saturated carbocycles. The minimum absolute atomic E-state index is 0.0805. The number of amides is 2. The highest BCUT2D eigenvalue weighted by atomic mass is 19.4. The summed E-state index contributed by atoms with van der Waals surface area (Å²) in [4.78, 5) is 36.2. The van der Waals surface area contributed by atoms with Crippen LogP contribution in [-0.2, 0) is 17.5 Å². The number of hydrogen-bond acceptors (Lipinski definition) is 7. The molecule has 232 valence electrons. The number of fused-ring (bicyclic) bond motifs is 1. The Balaban J connectivity index is 1.38. The Bertz CT molecular complexity index is 1820. The first-order valence-corrected chi connectivity index (χ1v) is 14.2. The molecule has 1 aliphatic rings. The molecule has 1 unspecified atom stereocenters. The van der Waals surface area contributed by atoms with Crippen LogP contribution in [0.1, 0.15) is 49.5 Å². The number of rotatable bonds is 6. The van der Waals surface area contributed by atoms with Crippen molar-refractivity contribution in [3.63, 3.8) is 0 Å². The molecular formula is C32H31F3N8O2. The average Bonchev–Trinajstić information content (AvgIpc) is 3.61. The Morgan fingerprint density at radius 3 is 2.40 bits per heavy atom. The lowest BCUT2D eigenvalue weighted by Crippen LogP contribution is -2.39. The van der Waals surface area contributed by atoms with Gasteiger partial charge in [-0.25, -0.2) is 14.6 Å². The van der Waals surface area contributed by atoms with E-state index in [1.165, 1.54) is 6.33 Å². The lowest BCUT2D eigenvalue weighted by atomic mass is 9.93. The zero-order valence-corrected chi connectivity index (χ0v) is 24.9. The number of nitriles is 1. The van der Waals surface area contributed by atoms with Crippen molar-refractivity contribution in [3.8, 4) is 17.3 Å². The third-order valence-corrected chi connectivity index (χ3v) is 7.40. The molecule has 2 aromatic carbocycles. The highest BCUT2D eigenvalue weighted by molar-refractivity contribution is 6.04. The molecule has 0 spiro atoms. The molecule has 4 aromatic rings. The summed E-state index contributed by atoms with van der Waals surface area (Å²) >= 11 is 0. The van der Waals surface area contributed by atoms with Crippen LogP contribution in [-0.4, -0.2) is 49.0 Å². The Labute approximate surface area is 257 Å². The van der Waals surface area contributed by atoms with Crippen molar-refractivity contribution in [2.75, 3.05) is 17.6 Å². The summed E-state index contributed by atoms with van der Waals surface area (Å²) in [5.74, 6) is -0.647. The first-order chi connectivity index (χ1) is 21.2. The van der Waals surface area contributed by atoms with Gasteiger partial charge in [0.05, 0.1) is 23.5 Å². The van der Waals surface area contributed by atoms with Gasteiger partial charge in [0.15, 0.2) is 5.65 Å². The largest absolute Gasteiger partial charge is 0.416 e. The van der Waals surface area contributed by atoms with Crippen molar-refractivity contribution in [2.24, 2.45) is 5.41 Å². The van der Waals surface area contributed by atoms with Gasteiger partial charge in [-0.1, -0.05) is 39.0 Å². The summed E-state index contributed by atoms with van der Waals surface area (Å²) < 4.78 is 40.3. The number of carbonyl (C=O) groups excluding carboxylic acids is 2. The summed E-state index contributed by atoms with van der Waals surface area (Å²) in [5, 5.41) is 17.7.